The van der Waals surface area contributed by atoms with E-state index in [1.807, 2.05) is 49.4 Å². The standard InChI is InChI=1S/C24H23BrN2O3/c1-3-29-23-14-19(15-26-27-24(28)20-6-4-5-7-21(20)25)12-13-22(23)30-16-18-10-8-17(2)9-11-18/h4-15H,3,16H2,1-2H3,(H,27,28)/b26-15-. The van der Waals surface area contributed by atoms with E-state index in [1.165, 1.54) is 5.56 Å². The molecule has 0 aliphatic rings. The third kappa shape index (κ3) is 5.94. The molecule has 30 heavy (non-hydrogen) atoms. The molecule has 1 N–H and O–H groups in total. The summed E-state index contributed by atoms with van der Waals surface area (Å²) in [6.45, 7) is 4.94. The average Bonchev–Trinajstić information content (AvgIpc) is 2.75. The van der Waals surface area contributed by atoms with Crippen molar-refractivity contribution in [2.45, 2.75) is 20.5 Å². The molecule has 0 atom stereocenters. The summed E-state index contributed by atoms with van der Waals surface area (Å²) in [5.74, 6) is 0.999. The van der Waals surface area contributed by atoms with Gasteiger partial charge in [-0.25, -0.2) is 5.43 Å². The van der Waals surface area contributed by atoms with Crippen molar-refractivity contribution in [2.24, 2.45) is 5.10 Å². The summed E-state index contributed by atoms with van der Waals surface area (Å²) in [6, 6.07) is 20.9. The molecule has 0 radical (unpaired) electrons. The van der Waals surface area contributed by atoms with Crippen LogP contribution in [-0.4, -0.2) is 18.7 Å². The molecule has 0 aliphatic heterocycles. The minimum absolute atomic E-state index is 0.290. The zero-order chi connectivity index (χ0) is 21.3. The van der Waals surface area contributed by atoms with Crippen LogP contribution in [-0.2, 0) is 6.61 Å². The van der Waals surface area contributed by atoms with Gasteiger partial charge in [0, 0.05) is 4.47 Å². The van der Waals surface area contributed by atoms with E-state index in [2.05, 4.69) is 45.5 Å². The van der Waals surface area contributed by atoms with Crippen LogP contribution in [0.2, 0.25) is 0 Å². The summed E-state index contributed by atoms with van der Waals surface area (Å²) < 4.78 is 12.4. The highest BCUT2D eigenvalue weighted by molar-refractivity contribution is 9.10. The molecule has 3 aromatic carbocycles. The van der Waals surface area contributed by atoms with Crippen LogP contribution in [0.4, 0.5) is 0 Å². The molecular formula is C24H23BrN2O3. The van der Waals surface area contributed by atoms with Gasteiger partial charge in [-0.3, -0.25) is 4.79 Å². The lowest BCUT2D eigenvalue weighted by molar-refractivity contribution is 0.0954. The summed E-state index contributed by atoms with van der Waals surface area (Å²) in [5.41, 5.74) is 6.14. The first-order valence-electron chi connectivity index (χ1n) is 9.60. The van der Waals surface area contributed by atoms with Crippen molar-refractivity contribution in [3.05, 3.63) is 93.5 Å². The molecule has 0 unspecified atom stereocenters. The lowest BCUT2D eigenvalue weighted by Crippen LogP contribution is -2.18. The summed E-state index contributed by atoms with van der Waals surface area (Å²) >= 11 is 3.36. The van der Waals surface area contributed by atoms with Crippen molar-refractivity contribution in [1.82, 2.24) is 5.43 Å². The molecule has 0 aromatic heterocycles. The molecule has 0 fully saturated rings. The maximum Gasteiger partial charge on any atom is 0.272 e. The fourth-order valence-electron chi connectivity index (χ4n) is 2.71. The van der Waals surface area contributed by atoms with Gasteiger partial charge in [0.2, 0.25) is 0 Å². The van der Waals surface area contributed by atoms with Crippen molar-refractivity contribution in [2.75, 3.05) is 6.61 Å². The van der Waals surface area contributed by atoms with Crippen LogP contribution in [0.25, 0.3) is 0 Å². The van der Waals surface area contributed by atoms with Gasteiger partial charge in [0.05, 0.1) is 18.4 Å². The van der Waals surface area contributed by atoms with Crippen LogP contribution in [0.5, 0.6) is 11.5 Å². The fourth-order valence-corrected chi connectivity index (χ4v) is 3.17. The van der Waals surface area contributed by atoms with E-state index < -0.39 is 0 Å². The smallest absolute Gasteiger partial charge is 0.272 e. The molecule has 5 nitrogen and oxygen atoms in total. The molecule has 0 bridgehead atoms. The topological polar surface area (TPSA) is 59.9 Å². The molecule has 0 aliphatic carbocycles. The highest BCUT2D eigenvalue weighted by Crippen LogP contribution is 2.29. The van der Waals surface area contributed by atoms with Gasteiger partial charge in [-0.2, -0.15) is 5.10 Å². The Balaban J connectivity index is 1.66. The summed E-state index contributed by atoms with van der Waals surface area (Å²) in [4.78, 5) is 12.2. The zero-order valence-corrected chi connectivity index (χ0v) is 18.5. The number of nitrogens with one attached hydrogen (secondary N) is 1. The van der Waals surface area contributed by atoms with Crippen molar-refractivity contribution in [3.8, 4) is 11.5 Å². The minimum Gasteiger partial charge on any atom is -0.490 e. The van der Waals surface area contributed by atoms with E-state index in [1.54, 1.807) is 18.3 Å². The Morgan fingerprint density at radius 2 is 1.80 bits per heavy atom. The summed E-state index contributed by atoms with van der Waals surface area (Å²) in [5, 5.41) is 4.05. The van der Waals surface area contributed by atoms with Crippen molar-refractivity contribution in [3.63, 3.8) is 0 Å². The molecule has 0 saturated carbocycles. The Morgan fingerprint density at radius 1 is 1.03 bits per heavy atom. The maximum atomic E-state index is 12.2. The molecule has 3 aromatic rings. The number of carbonyl (C=O) groups excluding carboxylic acids is 1. The third-order valence-electron chi connectivity index (χ3n) is 4.28. The second kappa shape index (κ2) is 10.6. The molecular weight excluding hydrogens is 444 g/mol. The van der Waals surface area contributed by atoms with Crippen molar-refractivity contribution >= 4 is 28.1 Å². The second-order valence-electron chi connectivity index (χ2n) is 6.59. The summed E-state index contributed by atoms with van der Waals surface area (Å²) in [7, 11) is 0. The predicted molar refractivity (Wildman–Crippen MR) is 122 cm³/mol. The maximum absolute atomic E-state index is 12.2. The Hall–Kier alpha value is -3.12. The fraction of sp³-hybridized carbons (Fsp3) is 0.167. The Labute approximate surface area is 184 Å². The normalized spacial score (nSPS) is 10.8. The van der Waals surface area contributed by atoms with Crippen LogP contribution in [0.15, 0.2) is 76.3 Å². The average molecular weight is 467 g/mol. The number of amides is 1. The Morgan fingerprint density at radius 3 is 2.53 bits per heavy atom. The van der Waals surface area contributed by atoms with E-state index in [-0.39, 0.29) is 5.91 Å². The highest BCUT2D eigenvalue weighted by Gasteiger charge is 2.09. The van der Waals surface area contributed by atoms with E-state index in [4.69, 9.17) is 9.47 Å². The highest BCUT2D eigenvalue weighted by atomic mass is 79.9. The number of rotatable bonds is 8. The third-order valence-corrected chi connectivity index (χ3v) is 4.97. The number of carbonyl (C=O) groups is 1. The number of aryl methyl sites for hydroxylation is 1. The van der Waals surface area contributed by atoms with Gasteiger partial charge < -0.3 is 9.47 Å². The van der Waals surface area contributed by atoms with Gasteiger partial charge in [-0.15, -0.1) is 0 Å². The quantitative estimate of drug-likeness (QED) is 0.352. The Bertz CT molecular complexity index is 1030. The molecule has 6 heteroatoms. The SMILES string of the molecule is CCOc1cc(/C=N\NC(=O)c2ccccc2Br)ccc1OCc1ccc(C)cc1. The minimum atomic E-state index is -0.290. The van der Waals surface area contributed by atoms with E-state index in [9.17, 15) is 4.79 Å². The number of halogens is 1. The zero-order valence-electron chi connectivity index (χ0n) is 16.9. The van der Waals surface area contributed by atoms with Crippen molar-refractivity contribution < 1.29 is 14.3 Å². The number of ether oxygens (including phenoxy) is 2. The van der Waals surface area contributed by atoms with Crippen LogP contribution in [0, 0.1) is 6.92 Å². The lowest BCUT2D eigenvalue weighted by atomic mass is 10.2. The van der Waals surface area contributed by atoms with Crippen molar-refractivity contribution in [1.29, 1.82) is 0 Å². The number of hydrogen-bond acceptors (Lipinski definition) is 4. The van der Waals surface area contributed by atoms with E-state index >= 15 is 0 Å². The van der Waals surface area contributed by atoms with E-state index in [0.29, 0.717) is 34.7 Å². The van der Waals surface area contributed by atoms with Crippen LogP contribution < -0.4 is 14.9 Å². The largest absolute Gasteiger partial charge is 0.490 e. The number of nitrogens with zero attached hydrogens (tertiary/aromatic N) is 1. The first-order chi connectivity index (χ1) is 14.6. The first kappa shape index (κ1) is 21.6. The van der Waals surface area contributed by atoms with Gasteiger partial charge in [0.1, 0.15) is 6.61 Å². The lowest BCUT2D eigenvalue weighted by Gasteiger charge is -2.13. The Kier molecular flexibility index (Phi) is 7.63. The predicted octanol–water partition coefficient (Wildman–Crippen LogP) is 5.50. The number of hydrazone groups is 1. The van der Waals surface area contributed by atoms with Gasteiger partial charge in [0.25, 0.3) is 5.91 Å². The van der Waals surface area contributed by atoms with E-state index in [0.717, 1.165) is 11.1 Å². The summed E-state index contributed by atoms with van der Waals surface area (Å²) in [6.07, 6.45) is 1.57. The molecule has 3 rings (SSSR count). The molecule has 154 valence electrons. The van der Waals surface area contributed by atoms with Gasteiger partial charge in [0.15, 0.2) is 11.5 Å². The first-order valence-corrected chi connectivity index (χ1v) is 10.4. The van der Waals surface area contributed by atoms with Crippen LogP contribution >= 0.6 is 15.9 Å². The van der Waals surface area contributed by atoms with Gasteiger partial charge in [-0.1, -0.05) is 42.0 Å². The molecule has 0 saturated heterocycles. The monoisotopic (exact) mass is 466 g/mol. The van der Waals surface area contributed by atoms with Crippen LogP contribution in [0.3, 0.4) is 0 Å². The second-order valence-corrected chi connectivity index (χ2v) is 7.45. The molecule has 0 heterocycles. The number of hydrogen-bond donors (Lipinski definition) is 1. The molecule has 0 spiro atoms. The molecule has 1 amide bonds. The van der Waals surface area contributed by atoms with Gasteiger partial charge in [-0.05, 0) is 71.2 Å². The number of benzene rings is 3. The van der Waals surface area contributed by atoms with Gasteiger partial charge >= 0.3 is 0 Å². The van der Waals surface area contributed by atoms with Crippen LogP contribution in [0.1, 0.15) is 34.0 Å².